The van der Waals surface area contributed by atoms with Crippen molar-refractivity contribution < 1.29 is 9.59 Å². The first-order valence-corrected chi connectivity index (χ1v) is 4.84. The largest absolute Gasteiger partial charge is 0.351 e. The molecule has 0 aromatic carbocycles. The van der Waals surface area contributed by atoms with E-state index in [4.69, 9.17) is 0 Å². The van der Waals surface area contributed by atoms with Crippen LogP contribution in [0.1, 0.15) is 5.69 Å². The number of carbonyl (C=O) groups is 2. The van der Waals surface area contributed by atoms with Gasteiger partial charge >= 0.3 is 0 Å². The van der Waals surface area contributed by atoms with Gasteiger partial charge in [0.1, 0.15) is 0 Å². The second-order valence-corrected chi connectivity index (χ2v) is 3.91. The molecular formula is C9H8N2O2S. The first-order valence-electron chi connectivity index (χ1n) is 4.03. The number of carbonyl (C=O) groups excluding carboxylic acids is 2. The molecule has 1 aliphatic rings. The number of nitrogens with one attached hydrogen (secondary N) is 1. The molecule has 0 saturated carbocycles. The fourth-order valence-corrected chi connectivity index (χ4v) is 1.85. The van der Waals surface area contributed by atoms with Crippen molar-refractivity contribution in [3.63, 3.8) is 0 Å². The van der Waals surface area contributed by atoms with E-state index in [0.29, 0.717) is 4.91 Å². The van der Waals surface area contributed by atoms with E-state index in [2.05, 4.69) is 5.32 Å². The number of amides is 2. The molecule has 1 aromatic heterocycles. The van der Waals surface area contributed by atoms with Crippen LogP contribution in [-0.2, 0) is 11.8 Å². The van der Waals surface area contributed by atoms with Crippen LogP contribution in [-0.4, -0.2) is 15.7 Å². The van der Waals surface area contributed by atoms with Crippen LogP contribution in [0.2, 0.25) is 0 Å². The van der Waals surface area contributed by atoms with Gasteiger partial charge in [0.25, 0.3) is 11.1 Å². The molecule has 0 atom stereocenters. The number of aryl methyl sites for hydroxylation is 1. The third-order valence-electron chi connectivity index (χ3n) is 1.90. The molecule has 14 heavy (non-hydrogen) atoms. The summed E-state index contributed by atoms with van der Waals surface area (Å²) in [5.41, 5.74) is 0.900. The van der Waals surface area contributed by atoms with E-state index in [1.165, 1.54) is 0 Å². The van der Waals surface area contributed by atoms with E-state index < -0.39 is 0 Å². The fraction of sp³-hybridized carbons (Fsp3) is 0.111. The summed E-state index contributed by atoms with van der Waals surface area (Å²) in [5, 5.41) is 1.90. The topological polar surface area (TPSA) is 51.1 Å². The Labute approximate surface area is 85.0 Å². The molecule has 1 aliphatic heterocycles. The Bertz CT molecular complexity index is 434. The summed E-state index contributed by atoms with van der Waals surface area (Å²) in [5.74, 6) is -0.318. The Morgan fingerprint density at radius 2 is 2.29 bits per heavy atom. The van der Waals surface area contributed by atoms with Gasteiger partial charge in [0.2, 0.25) is 0 Å². The zero-order valence-electron chi connectivity index (χ0n) is 7.48. The summed E-state index contributed by atoms with van der Waals surface area (Å²) < 4.78 is 1.88. The zero-order valence-corrected chi connectivity index (χ0v) is 8.30. The van der Waals surface area contributed by atoms with Crippen molar-refractivity contribution in [2.75, 3.05) is 0 Å². The van der Waals surface area contributed by atoms with Gasteiger partial charge in [-0.15, -0.1) is 0 Å². The molecular weight excluding hydrogens is 200 g/mol. The second-order valence-electron chi connectivity index (χ2n) is 2.90. The van der Waals surface area contributed by atoms with Gasteiger partial charge in [0, 0.05) is 18.9 Å². The molecule has 2 rings (SSSR count). The minimum atomic E-state index is -0.318. The van der Waals surface area contributed by atoms with Crippen LogP contribution >= 0.6 is 11.8 Å². The molecule has 1 fully saturated rings. The minimum absolute atomic E-state index is 0.310. The molecule has 5 heteroatoms. The molecule has 72 valence electrons. The summed E-state index contributed by atoms with van der Waals surface area (Å²) >= 11 is 0.929. The smallest absolute Gasteiger partial charge is 0.290 e. The standard InChI is InChI=1S/C9H8N2O2S/c1-11-4-2-3-6(11)5-7-8(12)10-9(13)14-7/h2-5H,1H3,(H,10,12,13)/b7-5+. The van der Waals surface area contributed by atoms with Gasteiger partial charge in [-0.05, 0) is 30.0 Å². The van der Waals surface area contributed by atoms with Crippen molar-refractivity contribution in [2.45, 2.75) is 0 Å². The molecule has 2 amide bonds. The Morgan fingerprint density at radius 1 is 1.50 bits per heavy atom. The SMILES string of the molecule is Cn1cccc1/C=C1/SC(=O)NC1=O. The molecule has 0 aliphatic carbocycles. The Kier molecular flexibility index (Phi) is 2.17. The molecule has 1 N–H and O–H groups in total. The van der Waals surface area contributed by atoms with Gasteiger partial charge in [-0.2, -0.15) is 0 Å². The van der Waals surface area contributed by atoms with Gasteiger partial charge in [0.15, 0.2) is 0 Å². The van der Waals surface area contributed by atoms with E-state index in [0.717, 1.165) is 17.5 Å². The summed E-state index contributed by atoms with van der Waals surface area (Å²) in [4.78, 5) is 22.5. The maximum atomic E-state index is 11.2. The lowest BCUT2D eigenvalue weighted by molar-refractivity contribution is -0.115. The lowest BCUT2D eigenvalue weighted by Gasteiger charge is -1.96. The third kappa shape index (κ3) is 1.58. The molecule has 1 aromatic rings. The van der Waals surface area contributed by atoms with Crippen LogP contribution in [0.15, 0.2) is 23.2 Å². The molecule has 0 radical (unpaired) electrons. The van der Waals surface area contributed by atoms with E-state index in [1.807, 2.05) is 29.9 Å². The summed E-state index contributed by atoms with van der Waals surface area (Å²) in [6.45, 7) is 0. The van der Waals surface area contributed by atoms with E-state index in [-0.39, 0.29) is 11.1 Å². The molecule has 2 heterocycles. The molecule has 0 unspecified atom stereocenters. The van der Waals surface area contributed by atoms with Crippen LogP contribution in [0.25, 0.3) is 6.08 Å². The number of aromatic nitrogens is 1. The Morgan fingerprint density at radius 3 is 2.79 bits per heavy atom. The van der Waals surface area contributed by atoms with Crippen LogP contribution < -0.4 is 5.32 Å². The Balaban J connectivity index is 2.32. The van der Waals surface area contributed by atoms with Crippen molar-refractivity contribution in [3.05, 3.63) is 28.9 Å². The molecule has 4 nitrogen and oxygen atoms in total. The van der Waals surface area contributed by atoms with Gasteiger partial charge in [-0.1, -0.05) is 0 Å². The van der Waals surface area contributed by atoms with Crippen LogP contribution in [0.4, 0.5) is 4.79 Å². The predicted molar refractivity (Wildman–Crippen MR) is 54.5 cm³/mol. The normalized spacial score (nSPS) is 19.1. The zero-order chi connectivity index (χ0) is 10.1. The fourth-order valence-electron chi connectivity index (χ4n) is 1.18. The number of nitrogens with zero attached hydrogens (tertiary/aromatic N) is 1. The summed E-state index contributed by atoms with van der Waals surface area (Å²) in [7, 11) is 1.88. The summed E-state index contributed by atoms with van der Waals surface area (Å²) in [6, 6.07) is 3.76. The second kappa shape index (κ2) is 3.34. The van der Waals surface area contributed by atoms with Gasteiger partial charge in [0.05, 0.1) is 4.91 Å². The average Bonchev–Trinajstić information content (AvgIpc) is 2.62. The lowest BCUT2D eigenvalue weighted by Crippen LogP contribution is -2.17. The minimum Gasteiger partial charge on any atom is -0.351 e. The average molecular weight is 208 g/mol. The van der Waals surface area contributed by atoms with Crippen LogP contribution in [0.5, 0.6) is 0 Å². The van der Waals surface area contributed by atoms with Gasteiger partial charge in [-0.3, -0.25) is 14.9 Å². The van der Waals surface area contributed by atoms with Crippen LogP contribution in [0, 0.1) is 0 Å². The maximum absolute atomic E-state index is 11.2. The van der Waals surface area contributed by atoms with E-state index in [1.54, 1.807) is 6.08 Å². The lowest BCUT2D eigenvalue weighted by atomic mass is 10.3. The third-order valence-corrected chi connectivity index (χ3v) is 2.72. The number of imide groups is 1. The predicted octanol–water partition coefficient (Wildman–Crippen LogP) is 1.35. The number of hydrogen-bond acceptors (Lipinski definition) is 3. The van der Waals surface area contributed by atoms with E-state index >= 15 is 0 Å². The summed E-state index contributed by atoms with van der Waals surface area (Å²) in [6.07, 6.45) is 3.58. The monoisotopic (exact) mass is 208 g/mol. The van der Waals surface area contributed by atoms with Gasteiger partial charge in [-0.25, -0.2) is 0 Å². The molecule has 0 bridgehead atoms. The van der Waals surface area contributed by atoms with Crippen molar-refractivity contribution in [3.8, 4) is 0 Å². The highest BCUT2D eigenvalue weighted by Crippen LogP contribution is 2.25. The number of hydrogen-bond donors (Lipinski definition) is 1. The van der Waals surface area contributed by atoms with Crippen molar-refractivity contribution in [1.82, 2.24) is 9.88 Å². The van der Waals surface area contributed by atoms with Crippen LogP contribution in [0.3, 0.4) is 0 Å². The highest BCUT2D eigenvalue weighted by Gasteiger charge is 2.25. The molecule has 1 saturated heterocycles. The first kappa shape index (κ1) is 9.08. The number of rotatable bonds is 1. The highest BCUT2D eigenvalue weighted by atomic mass is 32.2. The van der Waals surface area contributed by atoms with Crippen molar-refractivity contribution in [1.29, 1.82) is 0 Å². The van der Waals surface area contributed by atoms with E-state index in [9.17, 15) is 9.59 Å². The van der Waals surface area contributed by atoms with Crippen molar-refractivity contribution in [2.24, 2.45) is 7.05 Å². The molecule has 0 spiro atoms. The maximum Gasteiger partial charge on any atom is 0.290 e. The van der Waals surface area contributed by atoms with Crippen molar-refractivity contribution >= 4 is 29.0 Å². The first-order chi connectivity index (χ1) is 6.66. The van der Waals surface area contributed by atoms with Gasteiger partial charge < -0.3 is 4.57 Å². The highest BCUT2D eigenvalue weighted by molar-refractivity contribution is 8.18. The Hall–Kier alpha value is -1.49. The number of thioether (sulfide) groups is 1. The quantitative estimate of drug-likeness (QED) is 0.709.